The first-order valence-corrected chi connectivity index (χ1v) is 9.62. The highest BCUT2D eigenvalue weighted by atomic mass is 16.4. The average Bonchev–Trinajstić information content (AvgIpc) is 2.48. The zero-order valence-corrected chi connectivity index (χ0v) is 16.5. The molecule has 0 fully saturated rings. The molecular formula is C19H39NO4. The summed E-state index contributed by atoms with van der Waals surface area (Å²) >= 11 is 0. The predicted octanol–water partition coefficient (Wildman–Crippen LogP) is 3.07. The molecule has 24 heavy (non-hydrogen) atoms. The summed E-state index contributed by atoms with van der Waals surface area (Å²) in [5.41, 5.74) is 0. The van der Waals surface area contributed by atoms with E-state index in [4.69, 9.17) is 5.11 Å². The van der Waals surface area contributed by atoms with Crippen LogP contribution in [-0.4, -0.2) is 47.7 Å². The summed E-state index contributed by atoms with van der Waals surface area (Å²) in [5, 5.41) is 18.5. The molecule has 0 aliphatic carbocycles. The van der Waals surface area contributed by atoms with Crippen molar-refractivity contribution < 1.29 is 24.3 Å². The number of rotatable bonds is 13. The molecule has 1 unspecified atom stereocenters. The van der Waals surface area contributed by atoms with Crippen molar-refractivity contribution in [2.75, 3.05) is 26.2 Å². The fourth-order valence-electron chi connectivity index (χ4n) is 3.32. The number of hydrogen-bond donors (Lipinski definition) is 1. The van der Waals surface area contributed by atoms with Crippen LogP contribution in [0.3, 0.4) is 0 Å². The van der Waals surface area contributed by atoms with Crippen LogP contribution in [0.25, 0.3) is 0 Å². The molecule has 0 aromatic rings. The maximum Gasteiger partial charge on any atom is 0.312 e. The number of carbonyl (C=O) groups is 2. The van der Waals surface area contributed by atoms with Crippen LogP contribution in [0.2, 0.25) is 0 Å². The third kappa shape index (κ3) is 11.4. The van der Waals surface area contributed by atoms with Crippen LogP contribution in [0.1, 0.15) is 79.6 Å². The second kappa shape index (κ2) is 15.4. The topological polar surface area (TPSA) is 77.4 Å². The number of aliphatic carboxylic acids is 2. The van der Waals surface area contributed by atoms with Gasteiger partial charge in [-0.3, -0.25) is 4.79 Å². The van der Waals surface area contributed by atoms with Gasteiger partial charge in [0.1, 0.15) is 0 Å². The molecule has 0 heterocycles. The van der Waals surface area contributed by atoms with Crippen LogP contribution in [0.15, 0.2) is 0 Å². The lowest BCUT2D eigenvalue weighted by Gasteiger charge is -2.38. The van der Waals surface area contributed by atoms with E-state index in [9.17, 15) is 14.7 Å². The third-order valence-corrected chi connectivity index (χ3v) is 4.22. The van der Waals surface area contributed by atoms with E-state index in [1.54, 1.807) is 0 Å². The molecule has 0 aromatic heterocycles. The van der Waals surface area contributed by atoms with Gasteiger partial charge in [0.25, 0.3) is 0 Å². The standard InChI is InChI=1S/C12H28N.C7H12O4/c1-5-9-13(10-6-2,11-7-3)12-8-4;1-2-3-4-5(6(8)9)7(10)11/h5-12H2,1-4H3;5H,2-4H2,1H3,(H,8,9)(H,10,11)/q+1;/p-1. The summed E-state index contributed by atoms with van der Waals surface area (Å²) in [6, 6.07) is 0. The molecule has 0 aliphatic rings. The quantitative estimate of drug-likeness (QED) is 0.411. The first-order valence-electron chi connectivity index (χ1n) is 9.62. The highest BCUT2D eigenvalue weighted by molar-refractivity contribution is 5.91. The van der Waals surface area contributed by atoms with Crippen molar-refractivity contribution in [1.29, 1.82) is 0 Å². The van der Waals surface area contributed by atoms with Crippen LogP contribution in [-0.2, 0) is 9.59 Å². The van der Waals surface area contributed by atoms with Crippen molar-refractivity contribution in [3.05, 3.63) is 0 Å². The van der Waals surface area contributed by atoms with Gasteiger partial charge in [-0.2, -0.15) is 0 Å². The van der Waals surface area contributed by atoms with Gasteiger partial charge in [-0.1, -0.05) is 47.5 Å². The lowest BCUT2D eigenvalue weighted by molar-refractivity contribution is -0.928. The molecule has 0 radical (unpaired) electrons. The van der Waals surface area contributed by atoms with Gasteiger partial charge in [0.2, 0.25) is 0 Å². The van der Waals surface area contributed by atoms with E-state index in [1.807, 2.05) is 6.92 Å². The zero-order valence-electron chi connectivity index (χ0n) is 16.5. The Balaban J connectivity index is 0. The van der Waals surface area contributed by atoms with Crippen molar-refractivity contribution in [1.82, 2.24) is 0 Å². The van der Waals surface area contributed by atoms with Crippen molar-refractivity contribution in [3.8, 4) is 0 Å². The minimum atomic E-state index is -1.49. The fourth-order valence-corrected chi connectivity index (χ4v) is 3.32. The van der Waals surface area contributed by atoms with Gasteiger partial charge in [-0.15, -0.1) is 0 Å². The number of quaternary nitrogens is 1. The molecule has 0 aromatic carbocycles. The van der Waals surface area contributed by atoms with Gasteiger partial charge in [0.05, 0.1) is 38.1 Å². The van der Waals surface area contributed by atoms with E-state index >= 15 is 0 Å². The molecule has 144 valence electrons. The molecule has 0 rings (SSSR count). The zero-order chi connectivity index (χ0) is 19.0. The van der Waals surface area contributed by atoms with Gasteiger partial charge in [0, 0.05) is 0 Å². The second-order valence-electron chi connectivity index (χ2n) is 6.59. The molecule has 0 bridgehead atoms. The SMILES string of the molecule is CCCCC(C(=O)[O-])C(=O)O.CCC[N+](CCC)(CCC)CCC. The van der Waals surface area contributed by atoms with Gasteiger partial charge in [0.15, 0.2) is 0 Å². The molecule has 0 spiro atoms. The number of carboxylic acids is 2. The van der Waals surface area contributed by atoms with Gasteiger partial charge < -0.3 is 19.5 Å². The van der Waals surface area contributed by atoms with Crippen LogP contribution >= 0.6 is 0 Å². The molecule has 0 aliphatic heterocycles. The highest BCUT2D eigenvalue weighted by Crippen LogP contribution is 2.12. The van der Waals surface area contributed by atoms with Crippen LogP contribution in [0.5, 0.6) is 0 Å². The molecule has 1 atom stereocenters. The van der Waals surface area contributed by atoms with Gasteiger partial charge >= 0.3 is 5.97 Å². The van der Waals surface area contributed by atoms with Crippen LogP contribution in [0, 0.1) is 5.92 Å². The van der Waals surface area contributed by atoms with Gasteiger partial charge in [-0.25, -0.2) is 0 Å². The number of unbranched alkanes of at least 4 members (excludes halogenated alkanes) is 1. The van der Waals surface area contributed by atoms with E-state index in [2.05, 4.69) is 27.7 Å². The maximum atomic E-state index is 10.2. The molecule has 0 amide bonds. The average molecular weight is 346 g/mol. The largest absolute Gasteiger partial charge is 0.549 e. The Morgan fingerprint density at radius 3 is 1.42 bits per heavy atom. The first kappa shape index (κ1) is 25.1. The fraction of sp³-hybridized carbons (Fsp3) is 0.895. The molecule has 1 N–H and O–H groups in total. The third-order valence-electron chi connectivity index (χ3n) is 4.22. The Morgan fingerprint density at radius 2 is 1.21 bits per heavy atom. The van der Waals surface area contributed by atoms with Crippen LogP contribution < -0.4 is 5.11 Å². The number of hydrogen-bond acceptors (Lipinski definition) is 3. The molecule has 0 saturated heterocycles. The van der Waals surface area contributed by atoms with E-state index in [0.29, 0.717) is 6.42 Å². The summed E-state index contributed by atoms with van der Waals surface area (Å²) in [5.74, 6) is -4.14. The van der Waals surface area contributed by atoms with Crippen molar-refractivity contribution >= 4 is 11.9 Å². The lowest BCUT2D eigenvalue weighted by Crippen LogP contribution is -2.50. The first-order chi connectivity index (χ1) is 11.3. The number of carboxylic acid groups (broad SMARTS) is 2. The Labute approximate surface area is 148 Å². The minimum absolute atomic E-state index is 0.161. The smallest absolute Gasteiger partial charge is 0.312 e. The minimum Gasteiger partial charge on any atom is -0.549 e. The Kier molecular flexibility index (Phi) is 16.2. The van der Waals surface area contributed by atoms with E-state index in [0.717, 1.165) is 6.42 Å². The van der Waals surface area contributed by atoms with Crippen molar-refractivity contribution in [3.63, 3.8) is 0 Å². The molecule has 0 saturated carbocycles. The lowest BCUT2D eigenvalue weighted by atomic mass is 10.0. The predicted molar refractivity (Wildman–Crippen MR) is 96.6 cm³/mol. The van der Waals surface area contributed by atoms with Gasteiger partial charge in [-0.05, 0) is 32.1 Å². The highest BCUT2D eigenvalue weighted by Gasteiger charge is 2.22. The van der Waals surface area contributed by atoms with E-state index < -0.39 is 17.9 Å². The Bertz CT molecular complexity index is 288. The monoisotopic (exact) mass is 345 g/mol. The number of nitrogens with zero attached hydrogens (tertiary/aromatic N) is 1. The summed E-state index contributed by atoms with van der Waals surface area (Å²) in [7, 11) is 0. The summed E-state index contributed by atoms with van der Waals surface area (Å²) in [6.45, 7) is 16.7. The second-order valence-corrected chi connectivity index (χ2v) is 6.59. The van der Waals surface area contributed by atoms with E-state index in [-0.39, 0.29) is 6.42 Å². The summed E-state index contributed by atoms with van der Waals surface area (Å²) in [6.07, 6.45) is 6.89. The molecular weight excluding hydrogens is 306 g/mol. The van der Waals surface area contributed by atoms with Crippen molar-refractivity contribution in [2.45, 2.75) is 79.6 Å². The normalized spacial score (nSPS) is 12.2. The Morgan fingerprint density at radius 1 is 0.833 bits per heavy atom. The Hall–Kier alpha value is -1.10. The summed E-state index contributed by atoms with van der Waals surface area (Å²) in [4.78, 5) is 20.4. The number of carbonyl (C=O) groups excluding carboxylic acids is 1. The van der Waals surface area contributed by atoms with E-state index in [1.165, 1.54) is 56.3 Å². The maximum absolute atomic E-state index is 10.2. The molecule has 5 nitrogen and oxygen atoms in total. The molecule has 5 heteroatoms. The van der Waals surface area contributed by atoms with Crippen LogP contribution in [0.4, 0.5) is 0 Å². The summed E-state index contributed by atoms with van der Waals surface area (Å²) < 4.78 is 1.38. The van der Waals surface area contributed by atoms with Crippen molar-refractivity contribution in [2.24, 2.45) is 5.92 Å².